The number of nitrogens with one attached hydrogen (secondary N) is 1. The molecule has 7 heteroatoms. The van der Waals surface area contributed by atoms with Gasteiger partial charge in [-0.2, -0.15) is 0 Å². The Morgan fingerprint density at radius 3 is 2.52 bits per heavy atom. The highest BCUT2D eigenvalue weighted by Gasteiger charge is 2.27. The molecule has 0 unspecified atom stereocenters. The van der Waals surface area contributed by atoms with Crippen LogP contribution in [0.5, 0.6) is 0 Å². The minimum absolute atomic E-state index is 0.0101. The third-order valence-corrected chi connectivity index (χ3v) is 3.64. The Hall–Kier alpha value is -2.18. The van der Waals surface area contributed by atoms with Crippen LogP contribution in [0.15, 0.2) is 12.3 Å². The Morgan fingerprint density at radius 1 is 1.19 bits per heavy atom. The number of esters is 2. The summed E-state index contributed by atoms with van der Waals surface area (Å²) >= 11 is 0. The molecular formula is C14H19N3O4. The zero-order chi connectivity index (χ0) is 15.2. The smallest absolute Gasteiger partial charge is 0.376 e. The second-order valence-corrected chi connectivity index (χ2v) is 4.97. The van der Waals surface area contributed by atoms with Gasteiger partial charge < -0.3 is 14.8 Å². The van der Waals surface area contributed by atoms with Gasteiger partial charge in [-0.3, -0.25) is 4.79 Å². The summed E-state index contributed by atoms with van der Waals surface area (Å²) in [5, 5.41) is 3.27. The SMILES string of the molecule is COC(=O)c1nccc(NC2CCC(C(=O)OC)CC2)n1. The van der Waals surface area contributed by atoms with Gasteiger partial charge in [-0.05, 0) is 31.7 Å². The molecule has 1 aliphatic rings. The minimum Gasteiger partial charge on any atom is -0.469 e. The molecule has 0 amide bonds. The van der Waals surface area contributed by atoms with Crippen LogP contribution in [0.3, 0.4) is 0 Å². The zero-order valence-electron chi connectivity index (χ0n) is 12.2. The number of ether oxygens (including phenoxy) is 2. The molecule has 114 valence electrons. The number of hydrogen-bond donors (Lipinski definition) is 1. The Morgan fingerprint density at radius 2 is 1.90 bits per heavy atom. The van der Waals surface area contributed by atoms with E-state index in [0.717, 1.165) is 25.7 Å². The summed E-state index contributed by atoms with van der Waals surface area (Å²) in [6.07, 6.45) is 4.81. The molecule has 1 aliphatic carbocycles. The fourth-order valence-corrected chi connectivity index (χ4v) is 2.48. The monoisotopic (exact) mass is 293 g/mol. The Labute approximate surface area is 123 Å². The maximum atomic E-state index is 11.5. The summed E-state index contributed by atoms with van der Waals surface area (Å²) in [5.41, 5.74) is 0. The highest BCUT2D eigenvalue weighted by Crippen LogP contribution is 2.27. The molecule has 1 heterocycles. The molecule has 7 nitrogen and oxygen atoms in total. The van der Waals surface area contributed by atoms with Crippen molar-refractivity contribution in [2.75, 3.05) is 19.5 Å². The van der Waals surface area contributed by atoms with Gasteiger partial charge in [-0.25, -0.2) is 14.8 Å². The van der Waals surface area contributed by atoms with Crippen LogP contribution in [0, 0.1) is 5.92 Å². The van der Waals surface area contributed by atoms with Gasteiger partial charge in [0.1, 0.15) is 5.82 Å². The number of aromatic nitrogens is 2. The Bertz CT molecular complexity index is 513. The van der Waals surface area contributed by atoms with E-state index < -0.39 is 5.97 Å². The third-order valence-electron chi connectivity index (χ3n) is 3.64. The van der Waals surface area contributed by atoms with Crippen molar-refractivity contribution in [3.05, 3.63) is 18.1 Å². The Kier molecular flexibility index (Phi) is 5.08. The molecule has 0 bridgehead atoms. The summed E-state index contributed by atoms with van der Waals surface area (Å²) in [4.78, 5) is 30.8. The van der Waals surface area contributed by atoms with Crippen molar-refractivity contribution >= 4 is 17.8 Å². The van der Waals surface area contributed by atoms with Crippen molar-refractivity contribution in [2.24, 2.45) is 5.92 Å². The van der Waals surface area contributed by atoms with E-state index in [1.54, 1.807) is 6.07 Å². The molecule has 0 saturated heterocycles. The lowest BCUT2D eigenvalue weighted by molar-refractivity contribution is -0.146. The van der Waals surface area contributed by atoms with Crippen molar-refractivity contribution in [3.8, 4) is 0 Å². The summed E-state index contributed by atoms with van der Waals surface area (Å²) < 4.78 is 9.36. The molecular weight excluding hydrogens is 274 g/mol. The number of carbonyl (C=O) groups excluding carboxylic acids is 2. The number of anilines is 1. The van der Waals surface area contributed by atoms with Crippen LogP contribution in [0.25, 0.3) is 0 Å². The first-order valence-electron chi connectivity index (χ1n) is 6.89. The van der Waals surface area contributed by atoms with E-state index in [1.165, 1.54) is 20.4 Å². The van der Waals surface area contributed by atoms with Gasteiger partial charge in [0.25, 0.3) is 0 Å². The first-order chi connectivity index (χ1) is 10.1. The third kappa shape index (κ3) is 3.90. The van der Waals surface area contributed by atoms with Gasteiger partial charge in [0.05, 0.1) is 20.1 Å². The summed E-state index contributed by atoms with van der Waals surface area (Å²) in [5.74, 6) is -0.0849. The predicted molar refractivity (Wildman–Crippen MR) is 74.8 cm³/mol. The van der Waals surface area contributed by atoms with Gasteiger partial charge in [0.15, 0.2) is 0 Å². The zero-order valence-corrected chi connectivity index (χ0v) is 12.2. The minimum atomic E-state index is -0.562. The standard InChI is InChI=1S/C14H19N3O4/c1-20-13(18)9-3-5-10(6-4-9)16-11-7-8-15-12(17-11)14(19)21-2/h7-10H,3-6H2,1-2H3,(H,15,16,17). The van der Waals surface area contributed by atoms with Gasteiger partial charge in [0, 0.05) is 12.2 Å². The highest BCUT2D eigenvalue weighted by molar-refractivity contribution is 5.85. The number of rotatable bonds is 4. The number of methoxy groups -OCH3 is 2. The van der Waals surface area contributed by atoms with Crippen molar-refractivity contribution in [1.29, 1.82) is 0 Å². The molecule has 1 fully saturated rings. The summed E-state index contributed by atoms with van der Waals surface area (Å²) in [7, 11) is 2.71. The van der Waals surface area contributed by atoms with Crippen LogP contribution in [0.4, 0.5) is 5.82 Å². The second-order valence-electron chi connectivity index (χ2n) is 4.97. The van der Waals surface area contributed by atoms with E-state index in [1.807, 2.05) is 0 Å². The van der Waals surface area contributed by atoms with Crippen molar-refractivity contribution in [1.82, 2.24) is 9.97 Å². The van der Waals surface area contributed by atoms with Gasteiger partial charge in [-0.15, -0.1) is 0 Å². The molecule has 1 aromatic rings. The maximum Gasteiger partial charge on any atom is 0.376 e. The fourth-order valence-electron chi connectivity index (χ4n) is 2.48. The average molecular weight is 293 g/mol. The molecule has 0 spiro atoms. The first-order valence-corrected chi connectivity index (χ1v) is 6.89. The molecule has 1 saturated carbocycles. The van der Waals surface area contributed by atoms with E-state index in [9.17, 15) is 9.59 Å². The molecule has 1 N–H and O–H groups in total. The van der Waals surface area contributed by atoms with Gasteiger partial charge in [-0.1, -0.05) is 0 Å². The molecule has 21 heavy (non-hydrogen) atoms. The van der Waals surface area contributed by atoms with E-state index in [-0.39, 0.29) is 23.8 Å². The quantitative estimate of drug-likeness (QED) is 0.839. The van der Waals surface area contributed by atoms with Crippen molar-refractivity contribution in [3.63, 3.8) is 0 Å². The van der Waals surface area contributed by atoms with Crippen LogP contribution in [0.1, 0.15) is 36.3 Å². The van der Waals surface area contributed by atoms with Gasteiger partial charge >= 0.3 is 11.9 Å². The topological polar surface area (TPSA) is 90.4 Å². The summed E-state index contributed by atoms with van der Waals surface area (Å²) in [6, 6.07) is 1.94. The van der Waals surface area contributed by atoms with E-state index in [4.69, 9.17) is 4.74 Å². The van der Waals surface area contributed by atoms with E-state index in [0.29, 0.717) is 5.82 Å². The van der Waals surface area contributed by atoms with Crippen LogP contribution in [-0.4, -0.2) is 42.2 Å². The number of carbonyl (C=O) groups is 2. The molecule has 2 rings (SSSR count). The van der Waals surface area contributed by atoms with Crippen molar-refractivity contribution in [2.45, 2.75) is 31.7 Å². The van der Waals surface area contributed by atoms with Crippen molar-refractivity contribution < 1.29 is 19.1 Å². The van der Waals surface area contributed by atoms with Gasteiger partial charge in [0.2, 0.25) is 5.82 Å². The Balaban J connectivity index is 1.92. The molecule has 0 aliphatic heterocycles. The van der Waals surface area contributed by atoms with Crippen LogP contribution >= 0.6 is 0 Å². The predicted octanol–water partition coefficient (Wildman–Crippen LogP) is 1.41. The fraction of sp³-hybridized carbons (Fsp3) is 0.571. The van der Waals surface area contributed by atoms with E-state index in [2.05, 4.69) is 20.0 Å². The summed E-state index contributed by atoms with van der Waals surface area (Å²) in [6.45, 7) is 0. The molecule has 1 aromatic heterocycles. The normalized spacial score (nSPS) is 21.4. The molecule has 0 atom stereocenters. The lowest BCUT2D eigenvalue weighted by Gasteiger charge is -2.27. The second kappa shape index (κ2) is 7.01. The maximum absolute atomic E-state index is 11.5. The lowest BCUT2D eigenvalue weighted by Crippen LogP contribution is -2.30. The first kappa shape index (κ1) is 15.2. The number of nitrogens with zero attached hydrogens (tertiary/aromatic N) is 2. The molecule has 0 radical (unpaired) electrons. The average Bonchev–Trinajstić information content (AvgIpc) is 2.54. The largest absolute Gasteiger partial charge is 0.469 e. The highest BCUT2D eigenvalue weighted by atomic mass is 16.5. The molecule has 0 aromatic carbocycles. The van der Waals surface area contributed by atoms with Crippen LogP contribution in [0.2, 0.25) is 0 Å². The number of hydrogen-bond acceptors (Lipinski definition) is 7. The van der Waals surface area contributed by atoms with E-state index >= 15 is 0 Å². The van der Waals surface area contributed by atoms with Crippen LogP contribution in [-0.2, 0) is 14.3 Å². The lowest BCUT2D eigenvalue weighted by atomic mass is 9.86. The van der Waals surface area contributed by atoms with Crippen LogP contribution < -0.4 is 5.32 Å².